The number of nitrogens with zero attached hydrogens (tertiary/aromatic N) is 1. The molecule has 0 spiro atoms. The zero-order chi connectivity index (χ0) is 16.2. The van der Waals surface area contributed by atoms with Crippen molar-refractivity contribution >= 4 is 12.1 Å². The quantitative estimate of drug-likeness (QED) is 0.456. The number of benzene rings is 1. The highest BCUT2D eigenvalue weighted by atomic mass is 16.6. The summed E-state index contributed by atoms with van der Waals surface area (Å²) in [4.78, 5) is 25.9. The molecule has 6 heteroatoms. The number of hydrogen-bond acceptors (Lipinski definition) is 5. The van der Waals surface area contributed by atoms with E-state index in [0.29, 0.717) is 13.2 Å². The molecular formula is C17H21NO5. The van der Waals surface area contributed by atoms with Gasteiger partial charge < -0.3 is 14.2 Å². The molecule has 1 aromatic rings. The van der Waals surface area contributed by atoms with Crippen molar-refractivity contribution in [2.45, 2.75) is 44.6 Å². The number of rotatable bonds is 6. The SMILES string of the molecule is CCCCOC(=O)[C@@H]1[C@H]2O[C@H]2CN1C(=O)OCc1ccccc1. The predicted octanol–water partition coefficient (Wildman–Crippen LogP) is 2.12. The van der Waals surface area contributed by atoms with Crippen LogP contribution >= 0.6 is 0 Å². The molecule has 2 fully saturated rings. The Morgan fingerprint density at radius 2 is 2.04 bits per heavy atom. The predicted molar refractivity (Wildman–Crippen MR) is 81.6 cm³/mol. The van der Waals surface area contributed by atoms with Gasteiger partial charge in [-0.1, -0.05) is 43.7 Å². The summed E-state index contributed by atoms with van der Waals surface area (Å²) in [6, 6.07) is 8.76. The number of esters is 1. The van der Waals surface area contributed by atoms with Crippen molar-refractivity contribution in [1.82, 2.24) is 4.90 Å². The van der Waals surface area contributed by atoms with Gasteiger partial charge in [0.25, 0.3) is 0 Å². The van der Waals surface area contributed by atoms with Crippen LogP contribution in [0.1, 0.15) is 25.3 Å². The monoisotopic (exact) mass is 319 g/mol. The number of likely N-dealkylation sites (tertiary alicyclic amines) is 1. The molecular weight excluding hydrogens is 298 g/mol. The van der Waals surface area contributed by atoms with Crippen LogP contribution in [0.3, 0.4) is 0 Å². The van der Waals surface area contributed by atoms with Crippen molar-refractivity contribution < 1.29 is 23.8 Å². The van der Waals surface area contributed by atoms with E-state index in [1.54, 1.807) is 0 Å². The first-order chi connectivity index (χ1) is 11.2. The summed E-state index contributed by atoms with van der Waals surface area (Å²) < 4.78 is 15.9. The summed E-state index contributed by atoms with van der Waals surface area (Å²) >= 11 is 0. The highest BCUT2D eigenvalue weighted by Gasteiger charge is 2.60. The molecule has 3 rings (SSSR count). The summed E-state index contributed by atoms with van der Waals surface area (Å²) in [6.45, 7) is 2.96. The minimum Gasteiger partial charge on any atom is -0.464 e. The molecule has 0 unspecified atom stereocenters. The first kappa shape index (κ1) is 15.8. The third-order valence-corrected chi connectivity index (χ3v) is 4.07. The molecule has 0 N–H and O–H groups in total. The van der Waals surface area contributed by atoms with Crippen LogP contribution in [0.4, 0.5) is 4.79 Å². The normalized spacial score (nSPS) is 24.9. The number of ether oxygens (including phenoxy) is 3. The second-order valence-electron chi connectivity index (χ2n) is 5.80. The zero-order valence-electron chi connectivity index (χ0n) is 13.1. The van der Waals surface area contributed by atoms with Gasteiger partial charge in [0.1, 0.15) is 18.8 Å². The van der Waals surface area contributed by atoms with Gasteiger partial charge in [0.2, 0.25) is 0 Å². The molecule has 2 saturated heterocycles. The fraction of sp³-hybridized carbons (Fsp3) is 0.529. The molecule has 6 nitrogen and oxygen atoms in total. The molecule has 124 valence electrons. The first-order valence-electron chi connectivity index (χ1n) is 8.00. The van der Waals surface area contributed by atoms with Crippen molar-refractivity contribution in [3.8, 4) is 0 Å². The summed E-state index contributed by atoms with van der Waals surface area (Å²) in [5.41, 5.74) is 0.906. The summed E-state index contributed by atoms with van der Waals surface area (Å²) in [7, 11) is 0. The lowest BCUT2D eigenvalue weighted by molar-refractivity contribution is -0.150. The molecule has 0 saturated carbocycles. The Morgan fingerprint density at radius 3 is 2.78 bits per heavy atom. The van der Waals surface area contributed by atoms with Gasteiger partial charge in [-0.15, -0.1) is 0 Å². The average molecular weight is 319 g/mol. The van der Waals surface area contributed by atoms with Crippen LogP contribution in [0.2, 0.25) is 0 Å². The standard InChI is InChI=1S/C17H21NO5/c1-2-3-9-21-16(19)14-15-13(23-15)10-18(14)17(20)22-11-12-7-5-4-6-8-12/h4-8,13-15H,2-3,9-11H2,1H3/t13-,14-,15-/m0/s1. The first-order valence-corrected chi connectivity index (χ1v) is 8.00. The van der Waals surface area contributed by atoms with Crippen LogP contribution in [0.25, 0.3) is 0 Å². The van der Waals surface area contributed by atoms with Gasteiger partial charge in [-0.05, 0) is 12.0 Å². The molecule has 2 heterocycles. The molecule has 0 aromatic heterocycles. The van der Waals surface area contributed by atoms with E-state index in [1.165, 1.54) is 4.90 Å². The maximum atomic E-state index is 12.3. The van der Waals surface area contributed by atoms with Crippen molar-refractivity contribution in [1.29, 1.82) is 0 Å². The molecule has 3 atom stereocenters. The van der Waals surface area contributed by atoms with Crippen LogP contribution in [-0.2, 0) is 25.6 Å². The molecule has 2 aliphatic heterocycles. The van der Waals surface area contributed by atoms with E-state index in [-0.39, 0.29) is 18.8 Å². The van der Waals surface area contributed by atoms with Gasteiger partial charge in [-0.3, -0.25) is 4.90 Å². The van der Waals surface area contributed by atoms with Gasteiger partial charge in [0.05, 0.1) is 13.2 Å². The largest absolute Gasteiger partial charge is 0.464 e. The van der Waals surface area contributed by atoms with E-state index in [9.17, 15) is 9.59 Å². The highest BCUT2D eigenvalue weighted by molar-refractivity contribution is 5.83. The molecule has 0 radical (unpaired) electrons. The fourth-order valence-electron chi connectivity index (χ4n) is 2.72. The van der Waals surface area contributed by atoms with E-state index in [2.05, 4.69) is 0 Å². The lowest BCUT2D eigenvalue weighted by Crippen LogP contribution is -2.46. The van der Waals surface area contributed by atoms with Gasteiger partial charge in [0, 0.05) is 0 Å². The molecule has 1 amide bonds. The third kappa shape index (κ3) is 3.64. The Morgan fingerprint density at radius 1 is 1.26 bits per heavy atom. The van der Waals surface area contributed by atoms with Crippen molar-refractivity contribution in [3.63, 3.8) is 0 Å². The topological polar surface area (TPSA) is 68.4 Å². The average Bonchev–Trinajstić information content (AvgIpc) is 3.23. The molecule has 0 aliphatic carbocycles. The number of hydrogen-bond donors (Lipinski definition) is 0. The van der Waals surface area contributed by atoms with Crippen LogP contribution in [0, 0.1) is 0 Å². The molecule has 0 bridgehead atoms. The van der Waals surface area contributed by atoms with Gasteiger partial charge in [-0.25, -0.2) is 9.59 Å². The summed E-state index contributed by atoms with van der Waals surface area (Å²) in [5.74, 6) is -0.403. The van der Waals surface area contributed by atoms with Gasteiger partial charge >= 0.3 is 12.1 Å². The van der Waals surface area contributed by atoms with E-state index in [0.717, 1.165) is 18.4 Å². The van der Waals surface area contributed by atoms with E-state index in [1.807, 2.05) is 37.3 Å². The number of unbranched alkanes of at least 4 members (excludes halogenated alkanes) is 1. The molecule has 23 heavy (non-hydrogen) atoms. The van der Waals surface area contributed by atoms with Crippen LogP contribution in [-0.4, -0.2) is 48.4 Å². The van der Waals surface area contributed by atoms with E-state index in [4.69, 9.17) is 14.2 Å². The van der Waals surface area contributed by atoms with Gasteiger partial charge in [0.15, 0.2) is 6.04 Å². The number of amides is 1. The van der Waals surface area contributed by atoms with E-state index >= 15 is 0 Å². The summed E-state index contributed by atoms with van der Waals surface area (Å²) in [6.07, 6.45) is 0.952. The number of carbonyl (C=O) groups is 2. The lowest BCUT2D eigenvalue weighted by Gasteiger charge is -2.24. The number of epoxide rings is 1. The summed E-state index contributed by atoms with van der Waals surface area (Å²) in [5, 5.41) is 0. The number of carbonyl (C=O) groups excluding carboxylic acids is 2. The fourth-order valence-corrected chi connectivity index (χ4v) is 2.72. The minimum atomic E-state index is -0.680. The van der Waals surface area contributed by atoms with Crippen molar-refractivity contribution in [3.05, 3.63) is 35.9 Å². The van der Waals surface area contributed by atoms with Crippen LogP contribution in [0.15, 0.2) is 30.3 Å². The number of morpholine rings is 1. The van der Waals surface area contributed by atoms with Crippen LogP contribution in [0.5, 0.6) is 0 Å². The van der Waals surface area contributed by atoms with Crippen molar-refractivity contribution in [2.75, 3.05) is 13.2 Å². The van der Waals surface area contributed by atoms with Gasteiger partial charge in [-0.2, -0.15) is 0 Å². The lowest BCUT2D eigenvalue weighted by atomic mass is 10.2. The maximum absolute atomic E-state index is 12.3. The Kier molecular flexibility index (Phi) is 4.81. The Balaban J connectivity index is 1.55. The second kappa shape index (κ2) is 7.00. The number of fused-ring (bicyclic) bond motifs is 1. The molecule has 2 aliphatic rings. The van der Waals surface area contributed by atoms with Crippen molar-refractivity contribution in [2.24, 2.45) is 0 Å². The second-order valence-corrected chi connectivity index (χ2v) is 5.80. The smallest absolute Gasteiger partial charge is 0.411 e. The third-order valence-electron chi connectivity index (χ3n) is 4.07. The minimum absolute atomic E-state index is 0.0667. The Hall–Kier alpha value is -2.08. The maximum Gasteiger partial charge on any atom is 0.411 e. The van der Waals surface area contributed by atoms with E-state index < -0.39 is 18.1 Å². The molecule has 1 aromatic carbocycles. The Labute approximate surface area is 135 Å². The highest BCUT2D eigenvalue weighted by Crippen LogP contribution is 2.37. The van der Waals surface area contributed by atoms with Crippen LogP contribution < -0.4 is 0 Å². The zero-order valence-corrected chi connectivity index (χ0v) is 13.1. The Bertz CT molecular complexity index is 561.